The van der Waals surface area contributed by atoms with E-state index in [1.807, 2.05) is 13.8 Å². The lowest BCUT2D eigenvalue weighted by molar-refractivity contribution is -0.131. The van der Waals surface area contributed by atoms with Crippen LogP contribution in [-0.4, -0.2) is 35.2 Å². The molecule has 1 aromatic rings. The van der Waals surface area contributed by atoms with Gasteiger partial charge in [0.05, 0.1) is 17.2 Å². The first-order valence-electron chi connectivity index (χ1n) is 6.34. The molecule has 2 atom stereocenters. The number of carboxylic acid groups (broad SMARTS) is 1. The van der Waals surface area contributed by atoms with Gasteiger partial charge in [-0.05, 0) is 32.4 Å². The van der Waals surface area contributed by atoms with Gasteiger partial charge in [0, 0.05) is 22.9 Å². The van der Waals surface area contributed by atoms with E-state index in [1.54, 1.807) is 11.4 Å². The fourth-order valence-corrected chi connectivity index (χ4v) is 2.82. The van der Waals surface area contributed by atoms with E-state index < -0.39 is 5.97 Å². The van der Waals surface area contributed by atoms with Gasteiger partial charge in [-0.2, -0.15) is 0 Å². The molecule has 0 spiro atoms. The maximum atomic E-state index is 12.2. The van der Waals surface area contributed by atoms with Crippen LogP contribution < -0.4 is 5.32 Å². The van der Waals surface area contributed by atoms with Crippen molar-refractivity contribution in [2.45, 2.75) is 31.9 Å². The van der Waals surface area contributed by atoms with Crippen LogP contribution >= 0.6 is 11.3 Å². The SMILES string of the molecule is CC1OCCC1(C)NC(=O)c1csc(/C=C/C(=O)O)c1. The van der Waals surface area contributed by atoms with Gasteiger partial charge in [-0.1, -0.05) is 0 Å². The molecular formula is C14H17NO4S. The number of rotatable bonds is 4. The first-order chi connectivity index (χ1) is 9.40. The van der Waals surface area contributed by atoms with Crippen LogP contribution in [0.5, 0.6) is 0 Å². The number of aliphatic carboxylic acids is 1. The molecule has 1 aliphatic heterocycles. The standard InChI is InChI=1S/C14H17NO4S/c1-9-14(2,5-6-19-9)15-13(18)10-7-11(20-8-10)3-4-12(16)17/h3-4,7-9H,5-6H2,1-2H3,(H,15,18)(H,16,17)/b4-3+. The van der Waals surface area contributed by atoms with Crippen molar-refractivity contribution in [1.29, 1.82) is 0 Å². The van der Waals surface area contributed by atoms with Gasteiger partial charge in [0.25, 0.3) is 5.91 Å². The number of thiophene rings is 1. The third-order valence-electron chi connectivity index (χ3n) is 3.56. The molecule has 0 bridgehead atoms. The van der Waals surface area contributed by atoms with E-state index >= 15 is 0 Å². The largest absolute Gasteiger partial charge is 0.478 e. The molecule has 6 heteroatoms. The Morgan fingerprint density at radius 2 is 2.35 bits per heavy atom. The van der Waals surface area contributed by atoms with Gasteiger partial charge in [0.1, 0.15) is 0 Å². The van der Waals surface area contributed by atoms with Crippen molar-refractivity contribution in [3.63, 3.8) is 0 Å². The van der Waals surface area contributed by atoms with Crippen LogP contribution in [0.1, 0.15) is 35.5 Å². The quantitative estimate of drug-likeness (QED) is 0.835. The number of carbonyl (C=O) groups excluding carboxylic acids is 1. The zero-order valence-electron chi connectivity index (χ0n) is 11.4. The average molecular weight is 295 g/mol. The predicted molar refractivity (Wildman–Crippen MR) is 76.9 cm³/mol. The predicted octanol–water partition coefficient (Wildman–Crippen LogP) is 2.14. The average Bonchev–Trinajstić information content (AvgIpc) is 2.95. The van der Waals surface area contributed by atoms with Crippen molar-refractivity contribution in [3.8, 4) is 0 Å². The van der Waals surface area contributed by atoms with Crippen LogP contribution in [-0.2, 0) is 9.53 Å². The third-order valence-corrected chi connectivity index (χ3v) is 4.46. The van der Waals surface area contributed by atoms with E-state index in [0.29, 0.717) is 12.2 Å². The number of ether oxygens (including phenoxy) is 1. The molecule has 2 N–H and O–H groups in total. The molecule has 20 heavy (non-hydrogen) atoms. The van der Waals surface area contributed by atoms with Gasteiger partial charge in [-0.15, -0.1) is 11.3 Å². The zero-order valence-corrected chi connectivity index (χ0v) is 12.2. The van der Waals surface area contributed by atoms with E-state index in [0.717, 1.165) is 17.4 Å². The van der Waals surface area contributed by atoms with E-state index in [9.17, 15) is 9.59 Å². The van der Waals surface area contributed by atoms with Crippen molar-refractivity contribution in [2.75, 3.05) is 6.61 Å². The number of hydrogen-bond acceptors (Lipinski definition) is 4. The summed E-state index contributed by atoms with van der Waals surface area (Å²) >= 11 is 1.34. The molecule has 2 unspecified atom stereocenters. The molecular weight excluding hydrogens is 278 g/mol. The zero-order chi connectivity index (χ0) is 14.8. The molecule has 2 rings (SSSR count). The highest BCUT2D eigenvalue weighted by molar-refractivity contribution is 7.11. The van der Waals surface area contributed by atoms with Crippen molar-refractivity contribution < 1.29 is 19.4 Å². The van der Waals surface area contributed by atoms with Crippen molar-refractivity contribution >= 4 is 29.3 Å². The van der Waals surface area contributed by atoms with E-state index in [1.165, 1.54) is 17.4 Å². The summed E-state index contributed by atoms with van der Waals surface area (Å²) in [5.41, 5.74) is 0.191. The van der Waals surface area contributed by atoms with Gasteiger partial charge in [0.2, 0.25) is 0 Å². The summed E-state index contributed by atoms with van der Waals surface area (Å²) in [4.78, 5) is 23.4. The number of amides is 1. The minimum absolute atomic E-state index is 0.0172. The van der Waals surface area contributed by atoms with Crippen LogP contribution in [0.15, 0.2) is 17.5 Å². The molecule has 2 heterocycles. The Bertz CT molecular complexity index is 551. The maximum Gasteiger partial charge on any atom is 0.328 e. The van der Waals surface area contributed by atoms with E-state index in [2.05, 4.69) is 5.32 Å². The molecule has 0 aromatic carbocycles. The Balaban J connectivity index is 2.05. The summed E-state index contributed by atoms with van der Waals surface area (Å²) in [6.45, 7) is 4.57. The minimum Gasteiger partial charge on any atom is -0.478 e. The summed E-state index contributed by atoms with van der Waals surface area (Å²) < 4.78 is 5.49. The summed E-state index contributed by atoms with van der Waals surface area (Å²) in [5.74, 6) is -1.16. The molecule has 1 aliphatic rings. The maximum absolute atomic E-state index is 12.2. The molecule has 0 radical (unpaired) electrons. The Hall–Kier alpha value is -1.66. The van der Waals surface area contributed by atoms with Crippen LogP contribution in [0.25, 0.3) is 6.08 Å². The lowest BCUT2D eigenvalue weighted by Gasteiger charge is -2.28. The lowest BCUT2D eigenvalue weighted by Crippen LogP contribution is -2.50. The van der Waals surface area contributed by atoms with Gasteiger partial charge in [-0.25, -0.2) is 4.79 Å². The number of nitrogens with one attached hydrogen (secondary N) is 1. The van der Waals surface area contributed by atoms with Crippen LogP contribution in [0.2, 0.25) is 0 Å². The summed E-state index contributed by atoms with van der Waals surface area (Å²) in [6, 6.07) is 1.68. The normalized spacial score (nSPS) is 26.0. The highest BCUT2D eigenvalue weighted by Crippen LogP contribution is 2.26. The smallest absolute Gasteiger partial charge is 0.328 e. The lowest BCUT2D eigenvalue weighted by atomic mass is 9.94. The highest BCUT2D eigenvalue weighted by Gasteiger charge is 2.38. The minimum atomic E-state index is -1.01. The fourth-order valence-electron chi connectivity index (χ4n) is 2.04. The monoisotopic (exact) mass is 295 g/mol. The van der Waals surface area contributed by atoms with Crippen LogP contribution in [0, 0.1) is 0 Å². The number of carbonyl (C=O) groups is 2. The van der Waals surface area contributed by atoms with Gasteiger partial charge >= 0.3 is 5.97 Å². The summed E-state index contributed by atoms with van der Waals surface area (Å²) in [5, 5.41) is 13.3. The Morgan fingerprint density at radius 3 is 2.95 bits per heavy atom. The summed E-state index contributed by atoms with van der Waals surface area (Å²) in [7, 11) is 0. The van der Waals surface area contributed by atoms with E-state index in [-0.39, 0.29) is 17.6 Å². The Labute approximate surface area is 121 Å². The molecule has 1 aromatic heterocycles. The van der Waals surface area contributed by atoms with Crippen molar-refractivity contribution in [2.24, 2.45) is 0 Å². The van der Waals surface area contributed by atoms with E-state index in [4.69, 9.17) is 9.84 Å². The molecule has 0 saturated carbocycles. The van der Waals surface area contributed by atoms with Gasteiger partial charge in [0.15, 0.2) is 0 Å². The first-order valence-corrected chi connectivity index (χ1v) is 7.22. The molecule has 108 valence electrons. The topological polar surface area (TPSA) is 75.6 Å². The third kappa shape index (κ3) is 3.26. The summed E-state index contributed by atoms with van der Waals surface area (Å²) in [6.07, 6.45) is 3.31. The highest BCUT2D eigenvalue weighted by atomic mass is 32.1. The molecule has 5 nitrogen and oxygen atoms in total. The first kappa shape index (κ1) is 14.7. The molecule has 1 amide bonds. The van der Waals surface area contributed by atoms with Crippen LogP contribution in [0.3, 0.4) is 0 Å². The fraction of sp³-hybridized carbons (Fsp3) is 0.429. The molecule has 1 saturated heterocycles. The molecule has 0 aliphatic carbocycles. The number of carboxylic acids is 1. The Morgan fingerprint density at radius 1 is 1.60 bits per heavy atom. The second kappa shape index (κ2) is 5.76. The Kier molecular flexibility index (Phi) is 4.25. The van der Waals surface area contributed by atoms with Crippen molar-refractivity contribution in [3.05, 3.63) is 28.0 Å². The van der Waals surface area contributed by atoms with Crippen LogP contribution in [0.4, 0.5) is 0 Å². The second-order valence-corrected chi connectivity index (χ2v) is 5.99. The number of hydrogen-bond donors (Lipinski definition) is 2. The van der Waals surface area contributed by atoms with Crippen molar-refractivity contribution in [1.82, 2.24) is 5.32 Å². The van der Waals surface area contributed by atoms with Gasteiger partial charge in [-0.3, -0.25) is 4.79 Å². The molecule has 1 fully saturated rings. The van der Waals surface area contributed by atoms with Gasteiger partial charge < -0.3 is 15.2 Å². The second-order valence-electron chi connectivity index (χ2n) is 5.04.